The van der Waals surface area contributed by atoms with Crippen molar-refractivity contribution in [3.8, 4) is 5.88 Å². The van der Waals surface area contributed by atoms with Gasteiger partial charge in [0.1, 0.15) is 23.0 Å². The van der Waals surface area contributed by atoms with Crippen molar-refractivity contribution in [3.05, 3.63) is 40.5 Å². The molecule has 0 saturated carbocycles. The lowest BCUT2D eigenvalue weighted by atomic mass is 10.2. The third-order valence-corrected chi connectivity index (χ3v) is 5.24. The van der Waals surface area contributed by atoms with E-state index in [9.17, 15) is 8.78 Å². The Hall–Kier alpha value is -2.20. The second-order valence-corrected chi connectivity index (χ2v) is 7.28. The molecule has 3 aromatic heterocycles. The van der Waals surface area contributed by atoms with Gasteiger partial charge in [0.15, 0.2) is 15.4 Å². The van der Waals surface area contributed by atoms with Gasteiger partial charge in [-0.1, -0.05) is 42.1 Å². The molecule has 1 aromatic carbocycles. The number of hydrogen-bond acceptors (Lipinski definition) is 5. The molecule has 0 atom stereocenters. The van der Waals surface area contributed by atoms with E-state index in [4.69, 9.17) is 4.74 Å². The summed E-state index contributed by atoms with van der Waals surface area (Å²) in [7, 11) is 1.75. The number of hydrogen-bond donors (Lipinski definition) is 0. The lowest BCUT2D eigenvalue weighted by Gasteiger charge is -2.09. The van der Waals surface area contributed by atoms with Crippen LogP contribution in [0.2, 0.25) is 0 Å². The zero-order valence-corrected chi connectivity index (χ0v) is 16.8. The molecule has 0 spiro atoms. The average Bonchev–Trinajstić information content (AvgIpc) is 3.17. The van der Waals surface area contributed by atoms with Crippen LogP contribution < -0.4 is 4.74 Å². The van der Waals surface area contributed by atoms with Gasteiger partial charge in [0.05, 0.1) is 0 Å². The predicted octanol–water partition coefficient (Wildman–Crippen LogP) is 4.78. The molecule has 0 unspecified atom stereocenters. The fraction of sp³-hybridized carbons (Fsp3) is 0.235. The Morgan fingerprint density at radius 2 is 1.93 bits per heavy atom. The molecule has 6 nitrogen and oxygen atoms in total. The topological polar surface area (TPSA) is 57.8 Å². The van der Waals surface area contributed by atoms with Crippen molar-refractivity contribution in [2.75, 3.05) is 6.26 Å². The Morgan fingerprint density at radius 3 is 2.59 bits per heavy atom. The number of halogens is 3. The normalized spacial score (nSPS) is 11.8. The lowest BCUT2D eigenvalue weighted by molar-refractivity contribution is 0.0613. The van der Waals surface area contributed by atoms with E-state index in [0.29, 0.717) is 31.0 Å². The number of rotatable bonds is 5. The van der Waals surface area contributed by atoms with Gasteiger partial charge >= 0.3 is 6.55 Å². The molecule has 27 heavy (non-hydrogen) atoms. The first-order chi connectivity index (χ1) is 13.0. The van der Waals surface area contributed by atoms with Gasteiger partial charge < -0.3 is 9.30 Å². The maximum Gasteiger partial charge on any atom is 0.333 e. The Labute approximate surface area is 165 Å². The molecule has 0 bridgehead atoms. The van der Waals surface area contributed by atoms with Crippen LogP contribution in [0.5, 0.6) is 5.88 Å². The minimum Gasteiger partial charge on any atom is -0.472 e. The van der Waals surface area contributed by atoms with Crippen molar-refractivity contribution in [2.24, 2.45) is 7.05 Å². The summed E-state index contributed by atoms with van der Waals surface area (Å²) in [6.07, 6.45) is 1.85. The minimum absolute atomic E-state index is 0.241. The molecule has 4 rings (SSSR count). The molecule has 4 aromatic rings. The molecular formula is C17H14BrF2N5OS. The highest BCUT2D eigenvalue weighted by atomic mass is 79.9. The smallest absolute Gasteiger partial charge is 0.333 e. The molecular weight excluding hydrogens is 440 g/mol. The summed E-state index contributed by atoms with van der Waals surface area (Å²) < 4.78 is 35.8. The summed E-state index contributed by atoms with van der Waals surface area (Å²) in [4.78, 5) is 8.91. The summed E-state index contributed by atoms with van der Waals surface area (Å²) in [5.74, 6) is 0.258. The monoisotopic (exact) mass is 453 g/mol. The quantitative estimate of drug-likeness (QED) is 0.321. The largest absolute Gasteiger partial charge is 0.472 e. The predicted molar refractivity (Wildman–Crippen MR) is 103 cm³/mol. The number of aryl methyl sites for hydroxylation is 1. The van der Waals surface area contributed by atoms with Crippen LogP contribution in [0.1, 0.15) is 12.1 Å². The van der Waals surface area contributed by atoms with Gasteiger partial charge in [-0.05, 0) is 27.7 Å². The van der Waals surface area contributed by atoms with E-state index in [1.54, 1.807) is 11.6 Å². The van der Waals surface area contributed by atoms with Crippen LogP contribution in [0.25, 0.3) is 22.1 Å². The lowest BCUT2D eigenvalue weighted by Crippen LogP contribution is -2.03. The number of aromatic nitrogens is 5. The molecule has 10 heteroatoms. The molecule has 140 valence electrons. The molecule has 0 aliphatic heterocycles. The maximum atomic E-state index is 13.6. The average molecular weight is 454 g/mol. The van der Waals surface area contributed by atoms with Gasteiger partial charge in [0.25, 0.3) is 0 Å². The Balaban J connectivity index is 1.95. The van der Waals surface area contributed by atoms with Crippen molar-refractivity contribution < 1.29 is 13.5 Å². The third-order valence-electron chi connectivity index (χ3n) is 4.16. The molecule has 0 amide bonds. The zero-order valence-electron chi connectivity index (χ0n) is 14.4. The van der Waals surface area contributed by atoms with Crippen molar-refractivity contribution >= 4 is 49.8 Å². The Kier molecular flexibility index (Phi) is 4.77. The van der Waals surface area contributed by atoms with E-state index >= 15 is 0 Å². The van der Waals surface area contributed by atoms with Gasteiger partial charge in [-0.15, -0.1) is 0 Å². The summed E-state index contributed by atoms with van der Waals surface area (Å²) in [5.41, 5.74) is 2.22. The van der Waals surface area contributed by atoms with Crippen molar-refractivity contribution in [2.45, 2.75) is 18.3 Å². The Bertz CT molecular complexity index is 1130. The van der Waals surface area contributed by atoms with Gasteiger partial charge in [0, 0.05) is 7.05 Å². The van der Waals surface area contributed by atoms with Gasteiger partial charge in [-0.2, -0.15) is 23.5 Å². The summed E-state index contributed by atoms with van der Waals surface area (Å²) in [5, 5.41) is 4.83. The molecule has 0 radical (unpaired) electrons. The minimum atomic E-state index is -2.80. The van der Waals surface area contributed by atoms with Crippen LogP contribution >= 0.6 is 27.7 Å². The van der Waals surface area contributed by atoms with Gasteiger partial charge in [-0.3, -0.25) is 0 Å². The summed E-state index contributed by atoms with van der Waals surface area (Å²) >= 11 is 4.63. The van der Waals surface area contributed by atoms with Crippen LogP contribution in [0, 0.1) is 0 Å². The van der Waals surface area contributed by atoms with E-state index in [0.717, 1.165) is 5.56 Å². The van der Waals surface area contributed by atoms with E-state index in [1.165, 1.54) is 11.8 Å². The fourth-order valence-corrected chi connectivity index (χ4v) is 3.93. The van der Waals surface area contributed by atoms with Crippen LogP contribution in [-0.2, 0) is 13.7 Å². The molecule has 0 fully saturated rings. The van der Waals surface area contributed by atoms with E-state index in [1.807, 2.05) is 36.6 Å². The highest BCUT2D eigenvalue weighted by Gasteiger charge is 2.26. The highest BCUT2D eigenvalue weighted by Crippen LogP contribution is 2.39. The second-order valence-electron chi connectivity index (χ2n) is 5.76. The molecule has 0 saturated heterocycles. The van der Waals surface area contributed by atoms with E-state index < -0.39 is 6.55 Å². The van der Waals surface area contributed by atoms with E-state index in [-0.39, 0.29) is 18.0 Å². The maximum absolute atomic E-state index is 13.6. The fourth-order valence-electron chi connectivity index (χ4n) is 2.96. The summed E-state index contributed by atoms with van der Waals surface area (Å²) in [6, 6.07) is 9.58. The van der Waals surface area contributed by atoms with Gasteiger partial charge in [-0.25, -0.2) is 4.98 Å². The number of benzene rings is 1. The third kappa shape index (κ3) is 3.06. The number of alkyl halides is 2. The van der Waals surface area contributed by atoms with Crippen LogP contribution in [0.15, 0.2) is 40.1 Å². The van der Waals surface area contributed by atoms with Crippen LogP contribution in [0.4, 0.5) is 8.78 Å². The summed E-state index contributed by atoms with van der Waals surface area (Å²) in [6.45, 7) is -2.53. The molecule has 3 heterocycles. The second kappa shape index (κ2) is 7.08. The number of thioether (sulfide) groups is 1. The SMILES string of the molecule is CSc1nc(OCc2ccccc2)c2c3c(c(Br)nn3C(F)F)n(C)c2n1. The molecule has 0 N–H and O–H groups in total. The molecule has 0 aliphatic carbocycles. The first-order valence-electron chi connectivity index (χ1n) is 7.94. The first kappa shape index (κ1) is 18.2. The van der Waals surface area contributed by atoms with Gasteiger partial charge in [0.2, 0.25) is 5.88 Å². The van der Waals surface area contributed by atoms with Crippen molar-refractivity contribution in [1.82, 2.24) is 24.3 Å². The van der Waals surface area contributed by atoms with Crippen molar-refractivity contribution in [3.63, 3.8) is 0 Å². The first-order valence-corrected chi connectivity index (χ1v) is 9.96. The molecule has 0 aliphatic rings. The number of ether oxygens (including phenoxy) is 1. The number of nitrogens with zero attached hydrogens (tertiary/aromatic N) is 5. The Morgan fingerprint density at radius 1 is 1.19 bits per heavy atom. The zero-order chi connectivity index (χ0) is 19.1. The van der Waals surface area contributed by atoms with Crippen molar-refractivity contribution in [1.29, 1.82) is 0 Å². The number of fused-ring (bicyclic) bond motifs is 3. The van der Waals surface area contributed by atoms with Crippen LogP contribution in [0.3, 0.4) is 0 Å². The van der Waals surface area contributed by atoms with Crippen LogP contribution in [-0.4, -0.2) is 30.6 Å². The van der Waals surface area contributed by atoms with E-state index in [2.05, 4.69) is 31.0 Å². The highest BCUT2D eigenvalue weighted by molar-refractivity contribution is 9.10. The standard InChI is InChI=1S/C17H14BrF2N5OS/c1-24-12-11(25(16(19)20)23-13(12)18)10-14(24)21-17(27-2)22-15(10)26-8-9-6-4-3-5-7-9/h3-7,16H,8H2,1-2H3.